The Morgan fingerprint density at radius 1 is 1.30 bits per heavy atom. The van der Waals surface area contributed by atoms with Gasteiger partial charge >= 0.3 is 0 Å². The van der Waals surface area contributed by atoms with Gasteiger partial charge in [0.15, 0.2) is 11.5 Å². The molecule has 0 saturated heterocycles. The third-order valence-corrected chi connectivity index (χ3v) is 4.17. The summed E-state index contributed by atoms with van der Waals surface area (Å²) in [5, 5.41) is 17.2. The van der Waals surface area contributed by atoms with Gasteiger partial charge in [-0.15, -0.1) is 4.91 Å². The van der Waals surface area contributed by atoms with E-state index in [1.54, 1.807) is 12.1 Å². The molecule has 0 aliphatic heterocycles. The maximum Gasteiger partial charge on any atom is 0.261 e. The highest BCUT2D eigenvalue weighted by atomic mass is 19.1. The molecule has 1 N–H and O–H groups in total. The first-order valence-corrected chi connectivity index (χ1v) is 7.92. The second kappa shape index (κ2) is 6.52. The van der Waals surface area contributed by atoms with Crippen molar-refractivity contribution in [2.45, 2.75) is 6.54 Å². The molecular formula is C18H13FN4O4. The maximum atomic E-state index is 13.5. The summed E-state index contributed by atoms with van der Waals surface area (Å²) in [6.45, 7) is 0.00212. The Balaban J connectivity index is 1.75. The summed E-state index contributed by atoms with van der Waals surface area (Å²) in [6.07, 6.45) is 0. The molecule has 4 rings (SSSR count). The number of methoxy groups -OCH3 is 1. The second-order valence-electron chi connectivity index (χ2n) is 5.73. The molecule has 0 bridgehead atoms. The van der Waals surface area contributed by atoms with Gasteiger partial charge in [0.2, 0.25) is 5.88 Å². The Morgan fingerprint density at radius 3 is 2.89 bits per heavy atom. The summed E-state index contributed by atoms with van der Waals surface area (Å²) in [7, 11) is 1.53. The lowest BCUT2D eigenvalue weighted by molar-refractivity contribution is 0.399. The summed E-state index contributed by atoms with van der Waals surface area (Å²) in [5.74, 6) is 0.143. The third kappa shape index (κ3) is 2.78. The van der Waals surface area contributed by atoms with Crippen molar-refractivity contribution in [1.29, 1.82) is 0 Å². The highest BCUT2D eigenvalue weighted by Crippen LogP contribution is 2.39. The molecule has 27 heavy (non-hydrogen) atoms. The number of nitroso groups, excluding NO2 is 1. The predicted molar refractivity (Wildman–Crippen MR) is 94.4 cm³/mol. The average Bonchev–Trinajstić information content (AvgIpc) is 3.25. The Morgan fingerprint density at radius 2 is 2.11 bits per heavy atom. The first kappa shape index (κ1) is 16.7. The van der Waals surface area contributed by atoms with E-state index in [-0.39, 0.29) is 29.3 Å². The molecule has 0 atom stereocenters. The number of benzene rings is 2. The lowest BCUT2D eigenvalue weighted by Crippen LogP contribution is -2.01. The number of rotatable bonds is 5. The molecule has 2 aromatic heterocycles. The van der Waals surface area contributed by atoms with E-state index in [1.165, 1.54) is 23.8 Å². The van der Waals surface area contributed by atoms with Crippen molar-refractivity contribution in [1.82, 2.24) is 14.7 Å². The van der Waals surface area contributed by atoms with E-state index in [9.17, 15) is 14.4 Å². The van der Waals surface area contributed by atoms with Gasteiger partial charge in [0.1, 0.15) is 11.6 Å². The Hall–Kier alpha value is -3.75. The monoisotopic (exact) mass is 368 g/mol. The van der Waals surface area contributed by atoms with Crippen molar-refractivity contribution in [3.8, 4) is 23.1 Å². The fraction of sp³-hybridized carbons (Fsp3) is 0.111. The summed E-state index contributed by atoms with van der Waals surface area (Å²) in [5.41, 5.74) is 0.808. The zero-order chi connectivity index (χ0) is 19.0. The zero-order valence-corrected chi connectivity index (χ0v) is 14.1. The molecule has 2 aromatic carbocycles. The highest BCUT2D eigenvalue weighted by molar-refractivity contribution is 5.95. The fourth-order valence-electron chi connectivity index (χ4n) is 2.94. The van der Waals surface area contributed by atoms with Crippen molar-refractivity contribution < 1.29 is 18.8 Å². The van der Waals surface area contributed by atoms with Gasteiger partial charge < -0.3 is 18.9 Å². The van der Waals surface area contributed by atoms with Crippen LogP contribution in [0, 0.1) is 10.7 Å². The van der Waals surface area contributed by atoms with Gasteiger partial charge in [-0.25, -0.2) is 4.39 Å². The van der Waals surface area contributed by atoms with Gasteiger partial charge in [-0.3, -0.25) is 0 Å². The largest absolute Gasteiger partial charge is 0.496 e. The lowest BCUT2D eigenvalue weighted by atomic mass is 10.2. The summed E-state index contributed by atoms with van der Waals surface area (Å²) in [6, 6.07) is 11.0. The minimum absolute atomic E-state index is 0.00212. The van der Waals surface area contributed by atoms with E-state index in [1.807, 2.05) is 12.1 Å². The second-order valence-corrected chi connectivity index (χ2v) is 5.73. The number of aromatic nitrogens is 3. The molecule has 0 aliphatic rings. The van der Waals surface area contributed by atoms with Crippen molar-refractivity contribution in [2.24, 2.45) is 5.18 Å². The Bertz CT molecular complexity index is 1150. The molecule has 8 nitrogen and oxygen atoms in total. The summed E-state index contributed by atoms with van der Waals surface area (Å²) < 4.78 is 25.4. The Labute approximate surface area is 151 Å². The molecule has 0 aliphatic carbocycles. The number of ether oxygens (including phenoxy) is 1. The van der Waals surface area contributed by atoms with Crippen LogP contribution in [0.4, 0.5) is 10.1 Å². The normalized spacial score (nSPS) is 11.0. The van der Waals surface area contributed by atoms with Crippen LogP contribution in [0.5, 0.6) is 11.6 Å². The standard InChI is InChI=1S/C18H13FN4O4/c1-26-14-5-3-2-4-11(14)17-20-15(22-27-17)9-23-13-7-6-10(19)8-12(13)16(21-25)18(23)24/h2-8,24H,9H2,1H3. The number of para-hydroxylation sites is 1. The fourth-order valence-corrected chi connectivity index (χ4v) is 2.94. The molecule has 0 radical (unpaired) electrons. The van der Waals surface area contributed by atoms with E-state index >= 15 is 0 Å². The molecule has 9 heteroatoms. The average molecular weight is 368 g/mol. The van der Waals surface area contributed by atoms with Crippen molar-refractivity contribution >= 4 is 16.6 Å². The van der Waals surface area contributed by atoms with Crippen LogP contribution >= 0.6 is 0 Å². The van der Waals surface area contributed by atoms with Crippen molar-refractivity contribution in [2.75, 3.05) is 7.11 Å². The topological polar surface area (TPSA) is 103 Å². The number of hydrogen-bond acceptors (Lipinski definition) is 7. The molecule has 136 valence electrons. The zero-order valence-electron chi connectivity index (χ0n) is 14.1. The molecular weight excluding hydrogens is 355 g/mol. The van der Waals surface area contributed by atoms with Gasteiger partial charge in [-0.1, -0.05) is 17.3 Å². The van der Waals surface area contributed by atoms with E-state index in [0.717, 1.165) is 6.07 Å². The van der Waals surface area contributed by atoms with Crippen LogP contribution in [0.2, 0.25) is 0 Å². The van der Waals surface area contributed by atoms with Gasteiger partial charge in [-0.05, 0) is 35.5 Å². The molecule has 0 spiro atoms. The van der Waals surface area contributed by atoms with Gasteiger partial charge in [-0.2, -0.15) is 4.98 Å². The number of fused-ring (bicyclic) bond motifs is 1. The summed E-state index contributed by atoms with van der Waals surface area (Å²) in [4.78, 5) is 15.4. The van der Waals surface area contributed by atoms with Crippen LogP contribution < -0.4 is 4.74 Å². The van der Waals surface area contributed by atoms with Crippen LogP contribution in [0.25, 0.3) is 22.4 Å². The molecule has 2 heterocycles. The maximum absolute atomic E-state index is 13.5. The number of aromatic hydroxyl groups is 1. The van der Waals surface area contributed by atoms with Crippen LogP contribution in [0.1, 0.15) is 5.82 Å². The van der Waals surface area contributed by atoms with E-state index in [0.29, 0.717) is 16.8 Å². The van der Waals surface area contributed by atoms with Crippen LogP contribution in [-0.2, 0) is 6.54 Å². The minimum Gasteiger partial charge on any atom is -0.496 e. The first-order valence-electron chi connectivity index (χ1n) is 7.92. The molecule has 4 aromatic rings. The third-order valence-electron chi connectivity index (χ3n) is 4.17. The van der Waals surface area contributed by atoms with E-state index in [2.05, 4.69) is 15.3 Å². The van der Waals surface area contributed by atoms with Crippen LogP contribution in [0.15, 0.2) is 52.2 Å². The molecule has 0 unspecified atom stereocenters. The summed E-state index contributed by atoms with van der Waals surface area (Å²) >= 11 is 0. The molecule has 0 amide bonds. The lowest BCUT2D eigenvalue weighted by Gasteiger charge is -2.03. The van der Waals surface area contributed by atoms with Crippen LogP contribution in [0.3, 0.4) is 0 Å². The molecule has 0 fully saturated rings. The minimum atomic E-state index is -0.539. The predicted octanol–water partition coefficient (Wildman–Crippen LogP) is 3.99. The van der Waals surface area contributed by atoms with Crippen molar-refractivity contribution in [3.63, 3.8) is 0 Å². The quantitative estimate of drug-likeness (QED) is 0.534. The van der Waals surface area contributed by atoms with Gasteiger partial charge in [0.25, 0.3) is 5.89 Å². The van der Waals surface area contributed by atoms with Crippen molar-refractivity contribution in [3.05, 3.63) is 59.0 Å². The highest BCUT2D eigenvalue weighted by Gasteiger charge is 2.20. The van der Waals surface area contributed by atoms with Gasteiger partial charge in [0, 0.05) is 5.39 Å². The van der Waals surface area contributed by atoms with E-state index < -0.39 is 11.7 Å². The number of nitrogens with zero attached hydrogens (tertiary/aromatic N) is 4. The molecule has 0 saturated carbocycles. The number of hydrogen-bond donors (Lipinski definition) is 1. The SMILES string of the molecule is COc1ccccc1-c1nc(Cn2c(O)c(N=O)c3cc(F)ccc32)no1. The van der Waals surface area contributed by atoms with Crippen LogP contribution in [-0.4, -0.2) is 26.9 Å². The Kier molecular flexibility index (Phi) is 4.03. The number of halogens is 1. The van der Waals surface area contributed by atoms with E-state index in [4.69, 9.17) is 9.26 Å². The first-order chi connectivity index (χ1) is 13.1. The van der Waals surface area contributed by atoms with Gasteiger partial charge in [0.05, 0.1) is 24.7 Å². The smallest absolute Gasteiger partial charge is 0.261 e.